The number of hydrogen-bond acceptors (Lipinski definition) is 1. The molecule has 0 heterocycles. The Labute approximate surface area is 94.8 Å². The fraction of sp³-hybridized carbons (Fsp3) is 1.00. The Morgan fingerprint density at radius 3 is 2.07 bits per heavy atom. The van der Waals surface area contributed by atoms with Gasteiger partial charge in [0.1, 0.15) is 0 Å². The van der Waals surface area contributed by atoms with Crippen molar-refractivity contribution in [2.45, 2.75) is 64.2 Å². The third-order valence-electron chi connectivity index (χ3n) is 4.69. The van der Waals surface area contributed by atoms with E-state index in [4.69, 9.17) is 5.73 Å². The monoisotopic (exact) mass is 209 g/mol. The molecule has 1 heteroatoms. The highest BCUT2D eigenvalue weighted by Crippen LogP contribution is 2.36. The van der Waals surface area contributed by atoms with Gasteiger partial charge in [0, 0.05) is 0 Å². The third kappa shape index (κ3) is 3.48. The van der Waals surface area contributed by atoms with Gasteiger partial charge in [0.15, 0.2) is 0 Å². The molecule has 0 bridgehead atoms. The molecule has 2 fully saturated rings. The van der Waals surface area contributed by atoms with E-state index in [0.29, 0.717) is 0 Å². The molecule has 2 rings (SSSR count). The molecule has 0 amide bonds. The Bertz CT molecular complexity index is 172. The smallest absolute Gasteiger partial charge is 0.00488 e. The Balaban J connectivity index is 1.61. The van der Waals surface area contributed by atoms with Crippen molar-refractivity contribution in [1.29, 1.82) is 0 Å². The van der Waals surface area contributed by atoms with Crippen molar-refractivity contribution in [2.24, 2.45) is 23.5 Å². The van der Waals surface area contributed by atoms with E-state index in [9.17, 15) is 0 Å². The van der Waals surface area contributed by atoms with Crippen molar-refractivity contribution in [2.75, 3.05) is 6.54 Å². The van der Waals surface area contributed by atoms with Crippen LogP contribution < -0.4 is 5.73 Å². The maximum absolute atomic E-state index is 5.73. The molecule has 0 aliphatic heterocycles. The summed E-state index contributed by atoms with van der Waals surface area (Å²) >= 11 is 0. The lowest BCUT2D eigenvalue weighted by molar-refractivity contribution is 0.306. The van der Waals surface area contributed by atoms with E-state index in [-0.39, 0.29) is 0 Å². The summed E-state index contributed by atoms with van der Waals surface area (Å²) in [6, 6.07) is 0. The number of nitrogens with two attached hydrogens (primary N) is 1. The first kappa shape index (κ1) is 11.4. The predicted molar refractivity (Wildman–Crippen MR) is 65.7 cm³/mol. The first-order chi connectivity index (χ1) is 7.38. The maximum atomic E-state index is 5.73. The van der Waals surface area contributed by atoms with Gasteiger partial charge in [-0.3, -0.25) is 0 Å². The molecule has 1 nitrogen and oxygen atoms in total. The molecule has 0 aromatic heterocycles. The predicted octanol–water partition coefficient (Wildman–Crippen LogP) is 3.72. The quantitative estimate of drug-likeness (QED) is 0.750. The normalized spacial score (nSPS) is 33.4. The van der Waals surface area contributed by atoms with Crippen LogP contribution in [0.3, 0.4) is 0 Å². The van der Waals surface area contributed by atoms with Gasteiger partial charge in [-0.15, -0.1) is 0 Å². The number of rotatable bonds is 4. The van der Waals surface area contributed by atoms with E-state index in [1.165, 1.54) is 64.2 Å². The van der Waals surface area contributed by atoms with E-state index in [2.05, 4.69) is 0 Å². The minimum Gasteiger partial charge on any atom is -0.330 e. The molecular formula is C14H27N. The Morgan fingerprint density at radius 1 is 0.733 bits per heavy atom. The first-order valence-corrected chi connectivity index (χ1v) is 7.08. The molecule has 2 aliphatic carbocycles. The van der Waals surface area contributed by atoms with Gasteiger partial charge >= 0.3 is 0 Å². The highest BCUT2D eigenvalue weighted by molar-refractivity contribution is 4.77. The molecule has 2 N–H and O–H groups in total. The van der Waals surface area contributed by atoms with E-state index in [1.54, 1.807) is 0 Å². The Morgan fingerprint density at radius 2 is 1.40 bits per heavy atom. The zero-order valence-corrected chi connectivity index (χ0v) is 10.1. The molecule has 0 aromatic rings. The van der Waals surface area contributed by atoms with Crippen molar-refractivity contribution in [1.82, 2.24) is 0 Å². The molecule has 0 spiro atoms. The molecule has 2 aliphatic rings. The van der Waals surface area contributed by atoms with Gasteiger partial charge in [-0.05, 0) is 37.1 Å². The van der Waals surface area contributed by atoms with Crippen LogP contribution in [0.1, 0.15) is 64.2 Å². The van der Waals surface area contributed by atoms with Crippen molar-refractivity contribution >= 4 is 0 Å². The summed E-state index contributed by atoms with van der Waals surface area (Å²) in [6.45, 7) is 0.930. The van der Waals surface area contributed by atoms with E-state index in [0.717, 1.165) is 24.3 Å². The fourth-order valence-electron chi connectivity index (χ4n) is 3.60. The first-order valence-electron chi connectivity index (χ1n) is 7.08. The Kier molecular flexibility index (Phi) is 4.49. The molecular weight excluding hydrogens is 182 g/mol. The van der Waals surface area contributed by atoms with Crippen LogP contribution in [0.15, 0.2) is 0 Å². The summed E-state index contributed by atoms with van der Waals surface area (Å²) in [7, 11) is 0. The third-order valence-corrected chi connectivity index (χ3v) is 4.69. The summed E-state index contributed by atoms with van der Waals surface area (Å²) in [5, 5.41) is 0. The van der Waals surface area contributed by atoms with Gasteiger partial charge in [-0.25, -0.2) is 0 Å². The van der Waals surface area contributed by atoms with Crippen LogP contribution in [-0.4, -0.2) is 6.54 Å². The average Bonchev–Trinajstić information content (AvgIpc) is 2.76. The minimum atomic E-state index is 0.862. The van der Waals surface area contributed by atoms with Gasteiger partial charge in [0.05, 0.1) is 0 Å². The molecule has 0 radical (unpaired) electrons. The standard InChI is InChI=1S/C14H27N/c15-11-14-9-8-13(10-14)7-6-12-4-2-1-3-5-12/h12-14H,1-11,15H2. The lowest BCUT2D eigenvalue weighted by Gasteiger charge is -2.22. The SMILES string of the molecule is NCC1CCC(CCC2CCCCC2)C1. The van der Waals surface area contributed by atoms with Crippen LogP contribution in [0.4, 0.5) is 0 Å². The van der Waals surface area contributed by atoms with Gasteiger partial charge in [-0.1, -0.05) is 51.4 Å². The molecule has 88 valence electrons. The molecule has 0 aromatic carbocycles. The largest absolute Gasteiger partial charge is 0.330 e. The lowest BCUT2D eigenvalue weighted by atomic mass is 9.84. The van der Waals surface area contributed by atoms with Crippen LogP contribution in [0, 0.1) is 17.8 Å². The topological polar surface area (TPSA) is 26.0 Å². The summed E-state index contributed by atoms with van der Waals surface area (Å²) in [5.41, 5.74) is 5.73. The second-order valence-corrected chi connectivity index (χ2v) is 5.86. The minimum absolute atomic E-state index is 0.862. The van der Waals surface area contributed by atoms with Gasteiger partial charge in [0.25, 0.3) is 0 Å². The Hall–Kier alpha value is -0.0400. The zero-order chi connectivity index (χ0) is 10.5. The van der Waals surface area contributed by atoms with Gasteiger partial charge in [-0.2, -0.15) is 0 Å². The van der Waals surface area contributed by atoms with Crippen LogP contribution >= 0.6 is 0 Å². The summed E-state index contributed by atoms with van der Waals surface area (Å²) < 4.78 is 0. The van der Waals surface area contributed by atoms with Crippen LogP contribution in [0.5, 0.6) is 0 Å². The fourth-order valence-corrected chi connectivity index (χ4v) is 3.60. The van der Waals surface area contributed by atoms with Crippen molar-refractivity contribution in [3.05, 3.63) is 0 Å². The van der Waals surface area contributed by atoms with E-state index in [1.807, 2.05) is 0 Å². The number of hydrogen-bond donors (Lipinski definition) is 1. The summed E-state index contributed by atoms with van der Waals surface area (Å²) in [4.78, 5) is 0. The summed E-state index contributed by atoms with van der Waals surface area (Å²) in [5.74, 6) is 2.97. The molecule has 2 saturated carbocycles. The van der Waals surface area contributed by atoms with Crippen molar-refractivity contribution in [3.63, 3.8) is 0 Å². The van der Waals surface area contributed by atoms with E-state index < -0.39 is 0 Å². The van der Waals surface area contributed by atoms with Crippen LogP contribution in [0.25, 0.3) is 0 Å². The highest BCUT2D eigenvalue weighted by atomic mass is 14.6. The molecule has 2 unspecified atom stereocenters. The molecule has 2 atom stereocenters. The molecule has 0 saturated heterocycles. The highest BCUT2D eigenvalue weighted by Gasteiger charge is 2.24. The van der Waals surface area contributed by atoms with Crippen LogP contribution in [0.2, 0.25) is 0 Å². The molecule has 15 heavy (non-hydrogen) atoms. The van der Waals surface area contributed by atoms with Crippen LogP contribution in [-0.2, 0) is 0 Å². The van der Waals surface area contributed by atoms with Crippen molar-refractivity contribution < 1.29 is 0 Å². The van der Waals surface area contributed by atoms with Gasteiger partial charge < -0.3 is 5.73 Å². The second-order valence-electron chi connectivity index (χ2n) is 5.86. The second kappa shape index (κ2) is 5.89. The summed E-state index contributed by atoms with van der Waals surface area (Å²) in [6.07, 6.45) is 14.9. The lowest BCUT2D eigenvalue weighted by Crippen LogP contribution is -2.11. The van der Waals surface area contributed by atoms with Gasteiger partial charge in [0.2, 0.25) is 0 Å². The maximum Gasteiger partial charge on any atom is -0.00488 e. The average molecular weight is 209 g/mol. The van der Waals surface area contributed by atoms with E-state index >= 15 is 0 Å². The zero-order valence-electron chi connectivity index (χ0n) is 10.1. The van der Waals surface area contributed by atoms with Crippen molar-refractivity contribution in [3.8, 4) is 0 Å².